The monoisotopic (exact) mass is 283 g/mol. The van der Waals surface area contributed by atoms with Crippen molar-refractivity contribution >= 4 is 33.5 Å². The topological polar surface area (TPSA) is 57.6 Å². The van der Waals surface area contributed by atoms with E-state index in [4.69, 9.17) is 5.11 Å². The fourth-order valence-corrected chi connectivity index (χ4v) is 2.18. The Kier molecular flexibility index (Phi) is 2.96. The molecule has 0 spiro atoms. The Hall–Kier alpha value is -1.36. The van der Waals surface area contributed by atoms with Gasteiger partial charge >= 0.3 is 5.97 Å². The largest absolute Gasteiger partial charge is 0.478 e. The van der Waals surface area contributed by atoms with Crippen molar-refractivity contribution in [2.45, 2.75) is 12.8 Å². The number of anilines is 1. The first-order chi connectivity index (χ1) is 7.59. The summed E-state index contributed by atoms with van der Waals surface area (Å²) in [6.45, 7) is 0.666. The standard InChI is InChI=1S/C11H10BrNO3/c12-9-4-3-7(6-8(9)11(15)16)13-5-1-2-10(13)14/h3-4,6H,1-2,5H2,(H,15,16). The maximum atomic E-state index is 11.5. The second kappa shape index (κ2) is 4.25. The predicted octanol–water partition coefficient (Wildman–Crippen LogP) is 2.27. The molecule has 5 heteroatoms. The van der Waals surface area contributed by atoms with Crippen LogP contribution in [0.25, 0.3) is 0 Å². The van der Waals surface area contributed by atoms with Crippen LogP contribution in [-0.2, 0) is 4.79 Å². The number of aromatic carboxylic acids is 1. The number of halogens is 1. The van der Waals surface area contributed by atoms with Crippen LogP contribution in [-0.4, -0.2) is 23.5 Å². The molecule has 0 atom stereocenters. The van der Waals surface area contributed by atoms with Crippen LogP contribution in [0.3, 0.4) is 0 Å². The highest BCUT2D eigenvalue weighted by molar-refractivity contribution is 9.10. The maximum Gasteiger partial charge on any atom is 0.336 e. The summed E-state index contributed by atoms with van der Waals surface area (Å²) in [5, 5.41) is 8.97. The average Bonchev–Trinajstić information content (AvgIpc) is 2.65. The van der Waals surface area contributed by atoms with E-state index in [0.717, 1.165) is 6.42 Å². The number of nitrogens with zero attached hydrogens (tertiary/aromatic N) is 1. The van der Waals surface area contributed by atoms with Crippen molar-refractivity contribution in [3.63, 3.8) is 0 Å². The van der Waals surface area contributed by atoms with Crippen LogP contribution in [0.5, 0.6) is 0 Å². The van der Waals surface area contributed by atoms with Crippen molar-refractivity contribution in [2.75, 3.05) is 11.4 Å². The quantitative estimate of drug-likeness (QED) is 0.906. The van der Waals surface area contributed by atoms with Crippen LogP contribution in [0, 0.1) is 0 Å². The molecule has 1 aliphatic rings. The van der Waals surface area contributed by atoms with E-state index in [1.165, 1.54) is 6.07 Å². The molecule has 1 aromatic carbocycles. The SMILES string of the molecule is O=C(O)c1cc(N2CCCC2=O)ccc1Br. The molecule has 84 valence electrons. The lowest BCUT2D eigenvalue weighted by Crippen LogP contribution is -2.23. The molecular formula is C11H10BrNO3. The number of hydrogen-bond acceptors (Lipinski definition) is 2. The van der Waals surface area contributed by atoms with E-state index >= 15 is 0 Å². The van der Waals surface area contributed by atoms with Gasteiger partial charge in [0.05, 0.1) is 5.56 Å². The summed E-state index contributed by atoms with van der Waals surface area (Å²) in [5.41, 5.74) is 0.834. The molecule has 0 bridgehead atoms. The highest BCUT2D eigenvalue weighted by Gasteiger charge is 2.22. The second-order valence-electron chi connectivity index (χ2n) is 3.62. The lowest BCUT2D eigenvalue weighted by atomic mass is 10.2. The summed E-state index contributed by atoms with van der Waals surface area (Å²) >= 11 is 3.17. The third-order valence-electron chi connectivity index (χ3n) is 2.57. The Morgan fingerprint density at radius 1 is 1.44 bits per heavy atom. The zero-order valence-corrected chi connectivity index (χ0v) is 10.0. The van der Waals surface area contributed by atoms with Gasteiger partial charge in [-0.1, -0.05) is 0 Å². The lowest BCUT2D eigenvalue weighted by molar-refractivity contribution is -0.117. The summed E-state index contributed by atoms with van der Waals surface area (Å²) in [4.78, 5) is 24.1. The van der Waals surface area contributed by atoms with Crippen molar-refractivity contribution in [2.24, 2.45) is 0 Å². The molecular weight excluding hydrogens is 274 g/mol. The van der Waals surface area contributed by atoms with Gasteiger partial charge in [-0.15, -0.1) is 0 Å². The first-order valence-corrected chi connectivity index (χ1v) is 5.72. The summed E-state index contributed by atoms with van der Waals surface area (Å²) < 4.78 is 0.524. The Balaban J connectivity index is 2.39. The van der Waals surface area contributed by atoms with Gasteiger partial charge in [-0.3, -0.25) is 4.79 Å². The Bertz CT molecular complexity index is 459. The number of carboxylic acids is 1. The van der Waals surface area contributed by atoms with E-state index in [1.807, 2.05) is 0 Å². The Morgan fingerprint density at radius 2 is 2.19 bits per heavy atom. The number of carbonyl (C=O) groups is 2. The fourth-order valence-electron chi connectivity index (χ4n) is 1.77. The highest BCUT2D eigenvalue weighted by atomic mass is 79.9. The van der Waals surface area contributed by atoms with Crippen molar-refractivity contribution < 1.29 is 14.7 Å². The molecule has 0 aromatic heterocycles. The molecule has 1 aliphatic heterocycles. The first-order valence-electron chi connectivity index (χ1n) is 4.93. The Morgan fingerprint density at radius 3 is 2.75 bits per heavy atom. The summed E-state index contributed by atoms with van der Waals surface area (Å²) in [7, 11) is 0. The molecule has 1 heterocycles. The molecule has 1 amide bonds. The Labute approximate surface area is 101 Å². The number of carbonyl (C=O) groups excluding carboxylic acids is 1. The number of benzene rings is 1. The van der Waals surface area contributed by atoms with Crippen LogP contribution in [0.4, 0.5) is 5.69 Å². The fraction of sp³-hybridized carbons (Fsp3) is 0.273. The molecule has 0 radical (unpaired) electrons. The van der Waals surface area contributed by atoms with Gasteiger partial charge in [-0.05, 0) is 40.5 Å². The van der Waals surface area contributed by atoms with Gasteiger partial charge in [-0.2, -0.15) is 0 Å². The molecule has 4 nitrogen and oxygen atoms in total. The van der Waals surface area contributed by atoms with Gasteiger partial charge in [0.2, 0.25) is 5.91 Å². The molecule has 1 N–H and O–H groups in total. The van der Waals surface area contributed by atoms with Crippen molar-refractivity contribution in [1.29, 1.82) is 0 Å². The second-order valence-corrected chi connectivity index (χ2v) is 4.47. The van der Waals surface area contributed by atoms with Crippen LogP contribution < -0.4 is 4.90 Å². The van der Waals surface area contributed by atoms with Gasteiger partial charge in [0, 0.05) is 23.1 Å². The summed E-state index contributed by atoms with van der Waals surface area (Å²) in [5.74, 6) is -0.945. The van der Waals surface area contributed by atoms with Gasteiger partial charge in [0.15, 0.2) is 0 Å². The molecule has 16 heavy (non-hydrogen) atoms. The first kappa shape index (κ1) is 11.1. The van der Waals surface area contributed by atoms with Crippen LogP contribution >= 0.6 is 15.9 Å². The minimum absolute atomic E-state index is 0.0543. The number of carboxylic acid groups (broad SMARTS) is 1. The maximum absolute atomic E-state index is 11.5. The molecule has 0 saturated carbocycles. The van der Waals surface area contributed by atoms with Crippen molar-refractivity contribution in [3.05, 3.63) is 28.2 Å². The molecule has 0 aliphatic carbocycles. The van der Waals surface area contributed by atoms with E-state index in [-0.39, 0.29) is 11.5 Å². The van der Waals surface area contributed by atoms with Crippen LogP contribution in [0.15, 0.2) is 22.7 Å². The van der Waals surface area contributed by atoms with Crippen LogP contribution in [0.2, 0.25) is 0 Å². The molecule has 0 unspecified atom stereocenters. The molecule has 1 aromatic rings. The zero-order valence-electron chi connectivity index (χ0n) is 8.44. The third-order valence-corrected chi connectivity index (χ3v) is 3.26. The van der Waals surface area contributed by atoms with Crippen molar-refractivity contribution in [3.8, 4) is 0 Å². The van der Waals surface area contributed by atoms with Gasteiger partial charge in [-0.25, -0.2) is 4.79 Å². The summed E-state index contributed by atoms with van der Waals surface area (Å²) in [6.07, 6.45) is 1.37. The van der Waals surface area contributed by atoms with Crippen LogP contribution in [0.1, 0.15) is 23.2 Å². The zero-order chi connectivity index (χ0) is 11.7. The van der Waals surface area contributed by atoms with E-state index in [1.54, 1.807) is 17.0 Å². The number of hydrogen-bond donors (Lipinski definition) is 1. The molecule has 2 rings (SSSR count). The van der Waals surface area contributed by atoms with E-state index in [2.05, 4.69) is 15.9 Å². The third kappa shape index (κ3) is 1.95. The average molecular weight is 284 g/mol. The van der Waals surface area contributed by atoms with Gasteiger partial charge in [0.25, 0.3) is 0 Å². The predicted molar refractivity (Wildman–Crippen MR) is 62.7 cm³/mol. The minimum Gasteiger partial charge on any atom is -0.478 e. The van der Waals surface area contributed by atoms with E-state index < -0.39 is 5.97 Å². The minimum atomic E-state index is -1.000. The number of rotatable bonds is 2. The van der Waals surface area contributed by atoms with Crippen molar-refractivity contribution in [1.82, 2.24) is 0 Å². The van der Waals surface area contributed by atoms with E-state index in [9.17, 15) is 9.59 Å². The summed E-state index contributed by atoms with van der Waals surface area (Å²) in [6, 6.07) is 4.93. The smallest absolute Gasteiger partial charge is 0.336 e. The van der Waals surface area contributed by atoms with E-state index in [0.29, 0.717) is 23.1 Å². The highest BCUT2D eigenvalue weighted by Crippen LogP contribution is 2.26. The van der Waals surface area contributed by atoms with Gasteiger partial charge in [0.1, 0.15) is 0 Å². The normalized spacial score (nSPS) is 15.6. The molecule has 1 saturated heterocycles. The van der Waals surface area contributed by atoms with Gasteiger partial charge < -0.3 is 10.0 Å². The molecule has 1 fully saturated rings. The number of amides is 1. The lowest BCUT2D eigenvalue weighted by Gasteiger charge is -2.16.